The van der Waals surface area contributed by atoms with Gasteiger partial charge in [0.15, 0.2) is 5.69 Å². The van der Waals surface area contributed by atoms with Gasteiger partial charge in [-0.1, -0.05) is 0 Å². The fraction of sp³-hybridized carbons (Fsp3) is 0.286. The van der Waals surface area contributed by atoms with Gasteiger partial charge in [0.1, 0.15) is 6.07 Å². The van der Waals surface area contributed by atoms with Crippen molar-refractivity contribution in [1.82, 2.24) is 14.8 Å². The molecule has 0 radical (unpaired) electrons. The minimum atomic E-state index is -4.75. The lowest BCUT2D eigenvalue weighted by atomic mass is 10.1. The minimum absolute atomic E-state index is 0.0970. The van der Waals surface area contributed by atoms with Crippen LogP contribution in [0.1, 0.15) is 28.5 Å². The Morgan fingerprint density at radius 3 is 2.61 bits per heavy atom. The number of nitrogens with zero attached hydrogens (tertiary/aromatic N) is 5. The molecule has 0 aromatic carbocycles. The lowest BCUT2D eigenvalue weighted by Crippen LogP contribution is -2.30. The van der Waals surface area contributed by atoms with Gasteiger partial charge < -0.3 is 4.90 Å². The summed E-state index contributed by atoms with van der Waals surface area (Å²) in [4.78, 5) is 17.0. The van der Waals surface area contributed by atoms with Gasteiger partial charge in [-0.2, -0.15) is 23.5 Å². The molecule has 0 aliphatic rings. The fourth-order valence-corrected chi connectivity index (χ4v) is 2.04. The summed E-state index contributed by atoms with van der Waals surface area (Å²) in [5.74, 6) is -0.557. The van der Waals surface area contributed by atoms with Gasteiger partial charge in [-0.15, -0.1) is 0 Å². The van der Waals surface area contributed by atoms with Crippen LogP contribution < -0.4 is 4.90 Å². The van der Waals surface area contributed by atoms with E-state index in [9.17, 15) is 18.0 Å². The number of halogens is 3. The first-order valence-electron chi connectivity index (χ1n) is 6.55. The number of alkyl halides is 3. The molecule has 2 aromatic rings. The van der Waals surface area contributed by atoms with Crippen molar-refractivity contribution in [2.75, 3.05) is 11.4 Å². The highest BCUT2D eigenvalue weighted by Gasteiger charge is 2.36. The second-order valence-corrected chi connectivity index (χ2v) is 4.65. The van der Waals surface area contributed by atoms with Gasteiger partial charge in [0, 0.05) is 26.0 Å². The van der Waals surface area contributed by atoms with Crippen LogP contribution in [-0.4, -0.2) is 27.2 Å². The molecule has 1 amide bonds. The van der Waals surface area contributed by atoms with E-state index in [1.807, 2.05) is 0 Å². The van der Waals surface area contributed by atoms with Crippen molar-refractivity contribution >= 4 is 11.6 Å². The molecule has 0 saturated heterocycles. The summed E-state index contributed by atoms with van der Waals surface area (Å²) in [7, 11) is 1.68. The van der Waals surface area contributed by atoms with E-state index in [-0.39, 0.29) is 12.1 Å². The molecule has 120 valence electrons. The predicted molar refractivity (Wildman–Crippen MR) is 74.5 cm³/mol. The van der Waals surface area contributed by atoms with Gasteiger partial charge in [-0.05, 0) is 13.0 Å². The summed E-state index contributed by atoms with van der Waals surface area (Å²) in [5, 5.41) is 12.8. The van der Waals surface area contributed by atoms with Crippen molar-refractivity contribution in [2.24, 2.45) is 7.05 Å². The van der Waals surface area contributed by atoms with Crippen LogP contribution in [0.3, 0.4) is 0 Å². The summed E-state index contributed by atoms with van der Waals surface area (Å²) < 4.78 is 39.7. The van der Waals surface area contributed by atoms with Gasteiger partial charge in [0.05, 0.1) is 23.0 Å². The third kappa shape index (κ3) is 3.31. The molecule has 2 aromatic heterocycles. The molecule has 9 heteroatoms. The van der Waals surface area contributed by atoms with Crippen molar-refractivity contribution < 1.29 is 18.0 Å². The summed E-state index contributed by atoms with van der Waals surface area (Å²) in [5.41, 5.74) is -1.59. The average molecular weight is 323 g/mol. The number of hydrogen-bond donors (Lipinski definition) is 0. The molecule has 0 atom stereocenters. The maximum atomic E-state index is 12.7. The van der Waals surface area contributed by atoms with Crippen LogP contribution in [0.15, 0.2) is 24.7 Å². The topological polar surface area (TPSA) is 74.8 Å². The van der Waals surface area contributed by atoms with Gasteiger partial charge >= 0.3 is 6.18 Å². The smallest absolute Gasteiger partial charge is 0.306 e. The zero-order valence-corrected chi connectivity index (χ0v) is 12.3. The highest BCUT2D eigenvalue weighted by Crippen LogP contribution is 2.30. The number of pyridine rings is 1. The molecule has 0 bridgehead atoms. The highest BCUT2D eigenvalue weighted by molar-refractivity contribution is 6.06. The van der Waals surface area contributed by atoms with E-state index in [0.29, 0.717) is 5.69 Å². The van der Waals surface area contributed by atoms with Crippen LogP contribution >= 0.6 is 0 Å². The molecular formula is C14H12F3N5O. The first-order chi connectivity index (χ1) is 10.8. The largest absolute Gasteiger partial charge is 0.434 e. The second kappa shape index (κ2) is 6.08. The Balaban J connectivity index is 2.41. The number of amides is 1. The van der Waals surface area contributed by atoms with E-state index < -0.39 is 23.3 Å². The Labute approximate surface area is 129 Å². The Bertz CT molecular complexity index is 775. The maximum absolute atomic E-state index is 12.7. The lowest BCUT2D eigenvalue weighted by molar-refractivity contribution is -0.141. The second-order valence-electron chi connectivity index (χ2n) is 4.65. The third-order valence-electron chi connectivity index (χ3n) is 3.09. The van der Waals surface area contributed by atoms with Gasteiger partial charge in [-0.3, -0.25) is 9.48 Å². The van der Waals surface area contributed by atoms with Crippen molar-refractivity contribution in [3.05, 3.63) is 41.5 Å². The zero-order valence-electron chi connectivity index (χ0n) is 12.3. The maximum Gasteiger partial charge on any atom is 0.434 e. The lowest BCUT2D eigenvalue weighted by Gasteiger charge is -2.19. The number of nitriles is 1. The molecule has 0 N–H and O–H groups in total. The quantitative estimate of drug-likeness (QED) is 0.869. The summed E-state index contributed by atoms with van der Waals surface area (Å²) in [6.07, 6.45) is -0.861. The van der Waals surface area contributed by atoms with E-state index >= 15 is 0 Å². The van der Waals surface area contributed by atoms with Crippen LogP contribution in [0.2, 0.25) is 0 Å². The van der Waals surface area contributed by atoms with Crippen molar-refractivity contribution in [1.29, 1.82) is 5.26 Å². The Morgan fingerprint density at radius 1 is 1.43 bits per heavy atom. The molecule has 0 unspecified atom stereocenters. The highest BCUT2D eigenvalue weighted by atomic mass is 19.4. The minimum Gasteiger partial charge on any atom is -0.306 e. The standard InChI is InChI=1S/C14H12F3N5O/c1-3-22(11-7-20-21(2)8-11)13(23)10-4-9(5-18)12(19-6-10)14(15,16)17/h4,6-8H,3H2,1-2H3. The van der Waals surface area contributed by atoms with Gasteiger partial charge in [-0.25, -0.2) is 4.98 Å². The third-order valence-corrected chi connectivity index (χ3v) is 3.09. The molecule has 0 aliphatic heterocycles. The van der Waals surface area contributed by atoms with Crippen LogP contribution in [0.25, 0.3) is 0 Å². The Kier molecular flexibility index (Phi) is 4.36. The number of rotatable bonds is 3. The van der Waals surface area contributed by atoms with E-state index in [4.69, 9.17) is 5.26 Å². The van der Waals surface area contributed by atoms with Crippen molar-refractivity contribution in [3.63, 3.8) is 0 Å². The van der Waals surface area contributed by atoms with Crippen LogP contribution in [0.4, 0.5) is 18.9 Å². The fourth-order valence-electron chi connectivity index (χ4n) is 2.04. The van der Waals surface area contributed by atoms with Crippen molar-refractivity contribution in [3.8, 4) is 6.07 Å². The van der Waals surface area contributed by atoms with Crippen LogP contribution in [-0.2, 0) is 13.2 Å². The molecule has 0 spiro atoms. The summed E-state index contributed by atoms with van der Waals surface area (Å²) in [6.45, 7) is 2.00. The average Bonchev–Trinajstić information content (AvgIpc) is 2.92. The van der Waals surface area contributed by atoms with E-state index in [2.05, 4.69) is 10.1 Å². The molecule has 2 heterocycles. The first-order valence-corrected chi connectivity index (χ1v) is 6.55. The molecule has 6 nitrogen and oxygen atoms in total. The number of aromatic nitrogens is 3. The number of hydrogen-bond acceptors (Lipinski definition) is 4. The first kappa shape index (κ1) is 16.5. The normalized spacial score (nSPS) is 11.1. The number of aryl methyl sites for hydroxylation is 1. The summed E-state index contributed by atoms with van der Waals surface area (Å²) in [6, 6.07) is 2.33. The number of carbonyl (C=O) groups excluding carboxylic acids is 1. The van der Waals surface area contributed by atoms with Gasteiger partial charge in [0.25, 0.3) is 5.91 Å². The predicted octanol–water partition coefficient (Wildman–Crippen LogP) is 2.37. The molecule has 0 saturated carbocycles. The SMILES string of the molecule is CCN(C(=O)c1cnc(C(F)(F)F)c(C#N)c1)c1cnn(C)c1. The van der Waals surface area contributed by atoms with Crippen molar-refractivity contribution in [2.45, 2.75) is 13.1 Å². The van der Waals surface area contributed by atoms with Gasteiger partial charge in [0.2, 0.25) is 0 Å². The Hall–Kier alpha value is -2.89. The molecule has 23 heavy (non-hydrogen) atoms. The van der Waals surface area contributed by atoms with Crippen LogP contribution in [0, 0.1) is 11.3 Å². The zero-order chi connectivity index (χ0) is 17.2. The monoisotopic (exact) mass is 323 g/mol. The van der Waals surface area contributed by atoms with Crippen LogP contribution in [0.5, 0.6) is 0 Å². The molecule has 0 fully saturated rings. The van der Waals surface area contributed by atoms with E-state index in [0.717, 1.165) is 12.3 Å². The van der Waals surface area contributed by atoms with E-state index in [1.54, 1.807) is 20.2 Å². The summed E-state index contributed by atoms with van der Waals surface area (Å²) >= 11 is 0. The molecule has 0 aliphatic carbocycles. The molecular weight excluding hydrogens is 311 g/mol. The number of anilines is 1. The molecule has 2 rings (SSSR count). The Morgan fingerprint density at radius 2 is 2.13 bits per heavy atom. The number of carbonyl (C=O) groups is 1. The van der Waals surface area contributed by atoms with E-state index in [1.165, 1.54) is 21.8 Å².